The Labute approximate surface area is 135 Å². The van der Waals surface area contributed by atoms with Gasteiger partial charge in [0, 0.05) is 0 Å². The lowest BCUT2D eigenvalue weighted by Gasteiger charge is -2.37. The summed E-state index contributed by atoms with van der Waals surface area (Å²) in [5, 5.41) is 10.6. The molecule has 0 aromatic heterocycles. The molecule has 0 saturated heterocycles. The number of ether oxygens (including phenoxy) is 1. The highest BCUT2D eigenvalue weighted by atomic mass is 19.4. The van der Waals surface area contributed by atoms with Gasteiger partial charge >= 0.3 is 12.1 Å². The van der Waals surface area contributed by atoms with Crippen LogP contribution in [-0.4, -0.2) is 24.3 Å². The van der Waals surface area contributed by atoms with Crippen molar-refractivity contribution >= 4 is 0 Å². The number of benzene rings is 2. The summed E-state index contributed by atoms with van der Waals surface area (Å²) in [4.78, 5) is 0. The predicted octanol–water partition coefficient (Wildman–Crippen LogP) is 4.44. The second-order valence-corrected chi connectivity index (χ2v) is 5.38. The van der Waals surface area contributed by atoms with E-state index in [1.54, 1.807) is 6.92 Å². The number of methoxy groups -OCH3 is 1. The number of hydrogen-bond donors (Lipinski definition) is 1. The Balaban J connectivity index is 2.76. The van der Waals surface area contributed by atoms with Gasteiger partial charge in [0.15, 0.2) is 5.60 Å². The van der Waals surface area contributed by atoms with Gasteiger partial charge in [0.1, 0.15) is 5.75 Å². The van der Waals surface area contributed by atoms with E-state index in [2.05, 4.69) is 0 Å². The van der Waals surface area contributed by atoms with Gasteiger partial charge in [0.2, 0.25) is 0 Å². The minimum Gasteiger partial charge on any atom is -0.497 e. The molecular formula is C17H15F5O2. The lowest BCUT2D eigenvalue weighted by atomic mass is 9.80. The van der Waals surface area contributed by atoms with Crippen LogP contribution in [0.1, 0.15) is 16.7 Å². The summed E-state index contributed by atoms with van der Waals surface area (Å²) in [5.41, 5.74) is -4.12. The molecule has 130 valence electrons. The fraction of sp³-hybridized carbons (Fsp3) is 0.294. The fourth-order valence-corrected chi connectivity index (χ4v) is 2.38. The smallest absolute Gasteiger partial charge is 0.457 e. The number of aryl methyl sites for hydroxylation is 1. The Morgan fingerprint density at radius 1 is 0.875 bits per heavy atom. The molecule has 2 nitrogen and oxygen atoms in total. The SMILES string of the molecule is COc1cccc(C(O)(c2ccc(C)cc2)C(F)(F)C(F)(F)F)c1. The summed E-state index contributed by atoms with van der Waals surface area (Å²) < 4.78 is 72.5. The van der Waals surface area contributed by atoms with Crippen molar-refractivity contribution in [1.29, 1.82) is 0 Å². The van der Waals surface area contributed by atoms with E-state index in [0.717, 1.165) is 24.3 Å². The third kappa shape index (κ3) is 2.84. The first-order chi connectivity index (χ1) is 11.0. The minimum atomic E-state index is -5.95. The van der Waals surface area contributed by atoms with E-state index in [1.165, 1.54) is 31.4 Å². The molecule has 0 amide bonds. The molecule has 1 N–H and O–H groups in total. The van der Waals surface area contributed by atoms with Gasteiger partial charge in [-0.25, -0.2) is 0 Å². The molecule has 0 aliphatic heterocycles. The molecule has 0 heterocycles. The van der Waals surface area contributed by atoms with Crippen molar-refractivity contribution in [3.05, 3.63) is 65.2 Å². The second-order valence-electron chi connectivity index (χ2n) is 5.38. The van der Waals surface area contributed by atoms with Crippen molar-refractivity contribution in [1.82, 2.24) is 0 Å². The maximum atomic E-state index is 14.3. The van der Waals surface area contributed by atoms with Crippen LogP contribution in [0.2, 0.25) is 0 Å². The van der Waals surface area contributed by atoms with Gasteiger partial charge in [0.05, 0.1) is 7.11 Å². The molecule has 2 aromatic rings. The Morgan fingerprint density at radius 2 is 1.46 bits per heavy atom. The number of hydrogen-bond acceptors (Lipinski definition) is 2. The van der Waals surface area contributed by atoms with Crippen LogP contribution >= 0.6 is 0 Å². The van der Waals surface area contributed by atoms with Gasteiger partial charge in [-0.2, -0.15) is 22.0 Å². The van der Waals surface area contributed by atoms with Crippen LogP contribution in [0, 0.1) is 6.92 Å². The van der Waals surface area contributed by atoms with Crippen LogP contribution in [0.3, 0.4) is 0 Å². The van der Waals surface area contributed by atoms with E-state index >= 15 is 0 Å². The van der Waals surface area contributed by atoms with E-state index in [-0.39, 0.29) is 5.75 Å². The van der Waals surface area contributed by atoms with Gasteiger partial charge in [0.25, 0.3) is 0 Å². The molecule has 24 heavy (non-hydrogen) atoms. The lowest BCUT2D eigenvalue weighted by Crippen LogP contribution is -2.55. The van der Waals surface area contributed by atoms with Crippen molar-refractivity contribution in [3.63, 3.8) is 0 Å². The van der Waals surface area contributed by atoms with Gasteiger partial charge < -0.3 is 9.84 Å². The molecule has 0 aliphatic rings. The molecule has 2 rings (SSSR count). The maximum Gasteiger partial charge on any atom is 0.457 e. The van der Waals surface area contributed by atoms with E-state index in [0.29, 0.717) is 5.56 Å². The largest absolute Gasteiger partial charge is 0.497 e. The summed E-state index contributed by atoms with van der Waals surface area (Å²) in [6.07, 6.45) is -5.95. The highest BCUT2D eigenvalue weighted by Crippen LogP contribution is 2.52. The zero-order valence-electron chi connectivity index (χ0n) is 12.9. The summed E-state index contributed by atoms with van der Waals surface area (Å²) in [5.74, 6) is -5.36. The standard InChI is InChI=1S/C17H15F5O2/c1-11-6-8-12(9-7-11)15(23,16(18,19)17(20,21)22)13-4-3-5-14(10-13)24-2/h3-10,23H,1-2H3. The predicted molar refractivity (Wildman–Crippen MR) is 78.2 cm³/mol. The van der Waals surface area contributed by atoms with E-state index in [9.17, 15) is 27.1 Å². The molecule has 1 unspecified atom stereocenters. The molecule has 2 aromatic carbocycles. The lowest BCUT2D eigenvalue weighted by molar-refractivity contribution is -0.336. The average molecular weight is 346 g/mol. The number of halogens is 5. The van der Waals surface area contributed by atoms with Crippen molar-refractivity contribution in [2.45, 2.75) is 24.6 Å². The normalized spacial score (nSPS) is 15.0. The van der Waals surface area contributed by atoms with Crippen molar-refractivity contribution in [2.24, 2.45) is 0 Å². The highest BCUT2D eigenvalue weighted by Gasteiger charge is 2.71. The number of alkyl halides is 5. The minimum absolute atomic E-state index is 0.0519. The number of rotatable bonds is 4. The van der Waals surface area contributed by atoms with E-state index < -0.39 is 28.8 Å². The molecule has 0 fully saturated rings. The van der Waals surface area contributed by atoms with Crippen molar-refractivity contribution in [3.8, 4) is 5.75 Å². The topological polar surface area (TPSA) is 29.5 Å². The van der Waals surface area contributed by atoms with Crippen molar-refractivity contribution < 1.29 is 31.8 Å². The first kappa shape index (κ1) is 18.2. The van der Waals surface area contributed by atoms with Crippen LogP contribution in [0.4, 0.5) is 22.0 Å². The van der Waals surface area contributed by atoms with Gasteiger partial charge in [-0.1, -0.05) is 42.0 Å². The summed E-state index contributed by atoms with van der Waals surface area (Å²) in [6, 6.07) is 9.38. The summed E-state index contributed by atoms with van der Waals surface area (Å²) >= 11 is 0. The van der Waals surface area contributed by atoms with Crippen molar-refractivity contribution in [2.75, 3.05) is 7.11 Å². The van der Waals surface area contributed by atoms with Crippen LogP contribution in [0.25, 0.3) is 0 Å². The Kier molecular flexibility index (Phi) is 4.59. The van der Waals surface area contributed by atoms with E-state index in [1.807, 2.05) is 0 Å². The fourth-order valence-electron chi connectivity index (χ4n) is 2.38. The monoisotopic (exact) mass is 346 g/mol. The third-order valence-electron chi connectivity index (χ3n) is 3.77. The molecule has 7 heteroatoms. The third-order valence-corrected chi connectivity index (χ3v) is 3.77. The van der Waals surface area contributed by atoms with Crippen LogP contribution in [-0.2, 0) is 5.60 Å². The number of aliphatic hydroxyl groups is 1. The molecular weight excluding hydrogens is 331 g/mol. The van der Waals surface area contributed by atoms with Gasteiger partial charge in [-0.05, 0) is 30.2 Å². The quantitative estimate of drug-likeness (QED) is 0.830. The zero-order valence-corrected chi connectivity index (χ0v) is 12.9. The second kappa shape index (κ2) is 6.05. The Bertz CT molecular complexity index is 710. The van der Waals surface area contributed by atoms with Crippen LogP contribution in [0.15, 0.2) is 48.5 Å². The average Bonchev–Trinajstić information content (AvgIpc) is 2.53. The Hall–Kier alpha value is -2.15. The maximum absolute atomic E-state index is 14.3. The molecule has 0 spiro atoms. The van der Waals surface area contributed by atoms with Gasteiger partial charge in [-0.15, -0.1) is 0 Å². The zero-order chi connectivity index (χ0) is 18.2. The first-order valence-electron chi connectivity index (χ1n) is 6.92. The van der Waals surface area contributed by atoms with Crippen LogP contribution < -0.4 is 4.74 Å². The molecule has 1 atom stereocenters. The highest BCUT2D eigenvalue weighted by molar-refractivity contribution is 5.43. The summed E-state index contributed by atoms with van der Waals surface area (Å²) in [7, 11) is 1.24. The molecule has 0 saturated carbocycles. The van der Waals surface area contributed by atoms with Crippen LogP contribution in [0.5, 0.6) is 5.75 Å². The molecule has 0 bridgehead atoms. The Morgan fingerprint density at radius 3 is 1.96 bits per heavy atom. The molecule has 0 aliphatic carbocycles. The molecule has 0 radical (unpaired) electrons. The van der Waals surface area contributed by atoms with Gasteiger partial charge in [-0.3, -0.25) is 0 Å². The van der Waals surface area contributed by atoms with E-state index in [4.69, 9.17) is 4.74 Å². The summed E-state index contributed by atoms with van der Waals surface area (Å²) in [6.45, 7) is 1.65. The first-order valence-corrected chi connectivity index (χ1v) is 6.92.